The van der Waals surface area contributed by atoms with Crippen LogP contribution in [0.25, 0.3) is 0 Å². The first-order valence-corrected chi connectivity index (χ1v) is 10.8. The molecule has 1 aromatic rings. The predicted octanol–water partition coefficient (Wildman–Crippen LogP) is 1.14. The fourth-order valence-corrected chi connectivity index (χ4v) is 5.12. The highest BCUT2D eigenvalue weighted by molar-refractivity contribution is 5.82. The first-order chi connectivity index (χ1) is 15.5. The molecular weight excluding hydrogens is 410 g/mol. The zero-order valence-electron chi connectivity index (χ0n) is 18.0. The van der Waals surface area contributed by atoms with Crippen molar-refractivity contribution in [1.82, 2.24) is 20.7 Å². The van der Waals surface area contributed by atoms with Crippen LogP contribution in [0.15, 0.2) is 24.3 Å². The van der Waals surface area contributed by atoms with Crippen molar-refractivity contribution in [1.29, 1.82) is 10.5 Å². The maximum atomic E-state index is 12.9. The van der Waals surface area contributed by atoms with E-state index in [1.54, 1.807) is 17.0 Å². The number of fused-ring (bicyclic) bond motifs is 1. The third-order valence-electron chi connectivity index (χ3n) is 6.81. The van der Waals surface area contributed by atoms with E-state index in [4.69, 9.17) is 10.00 Å². The average molecular weight is 438 g/mol. The van der Waals surface area contributed by atoms with Crippen LogP contribution in [-0.4, -0.2) is 66.4 Å². The van der Waals surface area contributed by atoms with Crippen LogP contribution >= 0.6 is 0 Å². The van der Waals surface area contributed by atoms with E-state index in [1.165, 1.54) is 7.11 Å². The predicted molar refractivity (Wildman–Crippen MR) is 115 cm³/mol. The van der Waals surface area contributed by atoms with Gasteiger partial charge in [-0.1, -0.05) is 0 Å². The summed E-state index contributed by atoms with van der Waals surface area (Å²) >= 11 is 0. The molecule has 3 unspecified atom stereocenters. The standard InChI is InChI=1S/C22H27N7O3/c1-32-21(31)28-12-8-22(7-10-23,9-13-28)29-17-6-11-25-20(30)18(17)19(27-29)26-16-4-2-15(14-24)3-5-16/h2-5,17-19,26-27H,6-9,11-13H2,1H3,(H,25,30). The van der Waals surface area contributed by atoms with Crippen molar-refractivity contribution in [2.75, 3.05) is 32.1 Å². The van der Waals surface area contributed by atoms with E-state index >= 15 is 0 Å². The van der Waals surface area contributed by atoms with Gasteiger partial charge < -0.3 is 20.3 Å². The Bertz CT molecular complexity index is 944. The summed E-state index contributed by atoms with van der Waals surface area (Å²) in [6.07, 6.45) is 1.56. The minimum Gasteiger partial charge on any atom is -0.453 e. The van der Waals surface area contributed by atoms with E-state index < -0.39 is 5.54 Å². The Kier molecular flexibility index (Phi) is 6.17. The van der Waals surface area contributed by atoms with E-state index in [1.807, 2.05) is 12.1 Å². The van der Waals surface area contributed by atoms with Gasteiger partial charge in [-0.05, 0) is 43.5 Å². The number of hydrogen-bond acceptors (Lipinski definition) is 8. The minimum atomic E-state index is -0.485. The van der Waals surface area contributed by atoms with Crippen LogP contribution in [0.2, 0.25) is 0 Å². The van der Waals surface area contributed by atoms with E-state index in [2.05, 4.69) is 33.2 Å². The lowest BCUT2D eigenvalue weighted by atomic mass is 9.81. The lowest BCUT2D eigenvalue weighted by molar-refractivity contribution is -0.128. The second-order valence-electron chi connectivity index (χ2n) is 8.50. The summed E-state index contributed by atoms with van der Waals surface area (Å²) in [6.45, 7) is 1.56. The molecule has 168 valence electrons. The van der Waals surface area contributed by atoms with Crippen molar-refractivity contribution in [3.8, 4) is 12.1 Å². The van der Waals surface area contributed by atoms with Gasteiger partial charge in [0.1, 0.15) is 6.17 Å². The van der Waals surface area contributed by atoms with Gasteiger partial charge in [0.15, 0.2) is 0 Å². The molecular formula is C22H27N7O3. The highest BCUT2D eigenvalue weighted by Crippen LogP contribution is 2.40. The number of nitrogens with zero attached hydrogens (tertiary/aromatic N) is 4. The Balaban J connectivity index is 1.58. The van der Waals surface area contributed by atoms with E-state index in [0.29, 0.717) is 44.5 Å². The molecule has 1 aromatic carbocycles. The van der Waals surface area contributed by atoms with Crippen LogP contribution in [0.3, 0.4) is 0 Å². The number of methoxy groups -OCH3 is 1. The summed E-state index contributed by atoms with van der Waals surface area (Å²) in [7, 11) is 1.37. The van der Waals surface area contributed by atoms with Crippen LogP contribution in [0, 0.1) is 28.6 Å². The van der Waals surface area contributed by atoms with Crippen LogP contribution in [0.4, 0.5) is 10.5 Å². The van der Waals surface area contributed by atoms with Crippen LogP contribution in [0.5, 0.6) is 0 Å². The van der Waals surface area contributed by atoms with Crippen molar-refractivity contribution < 1.29 is 14.3 Å². The number of hydrazine groups is 1. The summed E-state index contributed by atoms with van der Waals surface area (Å²) in [5.74, 6) is -0.366. The number of carbonyl (C=O) groups excluding carboxylic acids is 2. The van der Waals surface area contributed by atoms with Gasteiger partial charge >= 0.3 is 6.09 Å². The van der Waals surface area contributed by atoms with Crippen molar-refractivity contribution in [2.45, 2.75) is 43.4 Å². The molecule has 0 saturated carbocycles. The molecule has 0 aromatic heterocycles. The number of anilines is 1. The van der Waals surface area contributed by atoms with Gasteiger partial charge in [-0.15, -0.1) is 0 Å². The number of rotatable bonds is 4. The molecule has 0 aliphatic carbocycles. The number of carbonyl (C=O) groups is 2. The summed E-state index contributed by atoms with van der Waals surface area (Å²) in [4.78, 5) is 26.5. The summed E-state index contributed by atoms with van der Waals surface area (Å²) in [5, 5.41) is 27.1. The molecule has 0 bridgehead atoms. The number of nitrogens with one attached hydrogen (secondary N) is 3. The number of piperidine rings is 2. The molecule has 3 fully saturated rings. The molecule has 10 heteroatoms. The first kappa shape index (κ1) is 21.9. The summed E-state index contributed by atoms with van der Waals surface area (Å²) in [6, 6.07) is 11.5. The number of ether oxygens (including phenoxy) is 1. The highest BCUT2D eigenvalue weighted by atomic mass is 16.5. The number of nitriles is 2. The Hall–Kier alpha value is -3.34. The van der Waals surface area contributed by atoms with Gasteiger partial charge in [0.05, 0.1) is 42.7 Å². The Morgan fingerprint density at radius 3 is 2.62 bits per heavy atom. The summed E-state index contributed by atoms with van der Waals surface area (Å²) < 4.78 is 4.85. The Labute approximate surface area is 187 Å². The quantitative estimate of drug-likeness (QED) is 0.638. The third kappa shape index (κ3) is 3.95. The average Bonchev–Trinajstić information content (AvgIpc) is 3.20. The Morgan fingerprint density at radius 2 is 2.00 bits per heavy atom. The van der Waals surface area contributed by atoms with Gasteiger partial charge in [0.2, 0.25) is 5.91 Å². The van der Waals surface area contributed by atoms with Crippen molar-refractivity contribution in [2.24, 2.45) is 5.92 Å². The van der Waals surface area contributed by atoms with Gasteiger partial charge in [-0.25, -0.2) is 15.2 Å². The molecule has 2 amide bonds. The second-order valence-corrected chi connectivity index (χ2v) is 8.50. The van der Waals surface area contributed by atoms with E-state index in [0.717, 1.165) is 12.1 Å². The first-order valence-electron chi connectivity index (χ1n) is 10.8. The molecule has 3 heterocycles. The molecule has 3 aliphatic heterocycles. The SMILES string of the molecule is COC(=O)N1CCC(CC#N)(N2NC(Nc3ccc(C#N)cc3)C3C(=O)NCCC32)CC1. The second kappa shape index (κ2) is 9.03. The smallest absolute Gasteiger partial charge is 0.409 e. The van der Waals surface area contributed by atoms with Gasteiger partial charge in [-0.3, -0.25) is 4.79 Å². The molecule has 3 aliphatic rings. The molecule has 0 spiro atoms. The van der Waals surface area contributed by atoms with Crippen molar-refractivity contribution in [3.63, 3.8) is 0 Å². The Morgan fingerprint density at radius 1 is 1.28 bits per heavy atom. The van der Waals surface area contributed by atoms with Crippen molar-refractivity contribution >= 4 is 17.7 Å². The maximum absolute atomic E-state index is 12.9. The van der Waals surface area contributed by atoms with Gasteiger partial charge in [0.25, 0.3) is 0 Å². The van der Waals surface area contributed by atoms with Gasteiger partial charge in [0, 0.05) is 31.4 Å². The number of likely N-dealkylation sites (tertiary alicyclic amines) is 1. The normalized spacial score (nSPS) is 26.9. The minimum absolute atomic E-state index is 0.0264. The molecule has 3 saturated heterocycles. The third-order valence-corrected chi connectivity index (χ3v) is 6.81. The fourth-order valence-electron chi connectivity index (χ4n) is 5.12. The van der Waals surface area contributed by atoms with E-state index in [-0.39, 0.29) is 30.1 Å². The van der Waals surface area contributed by atoms with Crippen molar-refractivity contribution in [3.05, 3.63) is 29.8 Å². The topological polar surface area (TPSA) is 134 Å². The number of hydrogen-bond donors (Lipinski definition) is 3. The van der Waals surface area contributed by atoms with Crippen LogP contribution in [-0.2, 0) is 9.53 Å². The largest absolute Gasteiger partial charge is 0.453 e. The molecule has 3 N–H and O–H groups in total. The molecule has 0 radical (unpaired) electrons. The zero-order chi connectivity index (χ0) is 22.7. The maximum Gasteiger partial charge on any atom is 0.409 e. The monoisotopic (exact) mass is 437 g/mol. The van der Waals surface area contributed by atoms with Gasteiger partial charge in [-0.2, -0.15) is 10.5 Å². The lowest BCUT2D eigenvalue weighted by Crippen LogP contribution is -2.62. The fraction of sp³-hybridized carbons (Fsp3) is 0.545. The molecule has 3 atom stereocenters. The molecule has 10 nitrogen and oxygen atoms in total. The number of amides is 2. The van der Waals surface area contributed by atoms with Crippen LogP contribution < -0.4 is 16.1 Å². The highest BCUT2D eigenvalue weighted by Gasteiger charge is 2.55. The number of benzene rings is 1. The lowest BCUT2D eigenvalue weighted by Gasteiger charge is -2.48. The van der Waals surface area contributed by atoms with E-state index in [9.17, 15) is 14.9 Å². The van der Waals surface area contributed by atoms with Crippen LogP contribution in [0.1, 0.15) is 31.2 Å². The zero-order valence-corrected chi connectivity index (χ0v) is 18.0. The molecule has 4 rings (SSSR count). The molecule has 32 heavy (non-hydrogen) atoms. The summed E-state index contributed by atoms with van der Waals surface area (Å²) in [5.41, 5.74) is 4.39.